The van der Waals surface area contributed by atoms with Crippen molar-refractivity contribution in [1.82, 2.24) is 0 Å². The van der Waals surface area contributed by atoms with Crippen LogP contribution in [0.4, 0.5) is 0 Å². The van der Waals surface area contributed by atoms with Crippen molar-refractivity contribution in [2.45, 2.75) is 77.4 Å². The summed E-state index contributed by atoms with van der Waals surface area (Å²) >= 11 is 0. The lowest BCUT2D eigenvalue weighted by molar-refractivity contribution is -0.130. The molecule has 0 radical (unpaired) electrons. The molecule has 0 amide bonds. The Hall–Kier alpha value is -0.840. The largest absolute Gasteiger partial charge is 0.464 e. The van der Waals surface area contributed by atoms with E-state index in [1.807, 2.05) is 19.1 Å². The van der Waals surface area contributed by atoms with Crippen LogP contribution in [-0.4, -0.2) is 24.4 Å². The summed E-state index contributed by atoms with van der Waals surface area (Å²) in [7, 11) is 0. The van der Waals surface area contributed by atoms with Crippen molar-refractivity contribution in [1.29, 1.82) is 0 Å². The Balaban J connectivity index is 2.08. The van der Waals surface area contributed by atoms with Gasteiger partial charge in [0, 0.05) is 6.04 Å². The monoisotopic (exact) mass is 281 g/mol. The van der Waals surface area contributed by atoms with E-state index in [1.165, 1.54) is 0 Å². The second kappa shape index (κ2) is 6.74. The molecule has 1 fully saturated rings. The van der Waals surface area contributed by atoms with E-state index in [-0.39, 0.29) is 30.5 Å². The highest BCUT2D eigenvalue weighted by molar-refractivity contribution is 5.10. The molecule has 2 N–H and O–H groups in total. The number of rotatable bonds is 5. The van der Waals surface area contributed by atoms with Gasteiger partial charge in [0.2, 0.25) is 0 Å². The third-order valence-corrected chi connectivity index (χ3v) is 3.90. The van der Waals surface area contributed by atoms with Crippen molar-refractivity contribution in [3.05, 3.63) is 23.7 Å². The Labute approximate surface area is 121 Å². The highest BCUT2D eigenvalue weighted by Gasteiger charge is 2.31. The van der Waals surface area contributed by atoms with Gasteiger partial charge < -0.3 is 19.6 Å². The molecule has 0 spiro atoms. The van der Waals surface area contributed by atoms with E-state index >= 15 is 0 Å². The molecule has 4 unspecified atom stereocenters. The van der Waals surface area contributed by atoms with Gasteiger partial charge in [-0.1, -0.05) is 6.92 Å². The van der Waals surface area contributed by atoms with Gasteiger partial charge in [0.05, 0.1) is 18.3 Å². The van der Waals surface area contributed by atoms with Crippen molar-refractivity contribution >= 4 is 0 Å². The second-order valence-corrected chi connectivity index (χ2v) is 5.93. The van der Waals surface area contributed by atoms with Crippen LogP contribution in [0.5, 0.6) is 0 Å². The lowest BCUT2D eigenvalue weighted by Crippen LogP contribution is -2.38. The van der Waals surface area contributed by atoms with Crippen LogP contribution in [0.15, 0.2) is 16.5 Å². The smallest absolute Gasteiger partial charge is 0.134 e. The predicted molar refractivity (Wildman–Crippen MR) is 78.6 cm³/mol. The topological polar surface area (TPSA) is 57.6 Å². The van der Waals surface area contributed by atoms with Crippen LogP contribution in [0.25, 0.3) is 0 Å². The van der Waals surface area contributed by atoms with Gasteiger partial charge >= 0.3 is 0 Å². The molecule has 1 aromatic rings. The van der Waals surface area contributed by atoms with E-state index < -0.39 is 0 Å². The molecule has 4 nitrogen and oxygen atoms in total. The van der Waals surface area contributed by atoms with E-state index in [9.17, 15) is 0 Å². The fourth-order valence-electron chi connectivity index (χ4n) is 2.86. The summed E-state index contributed by atoms with van der Waals surface area (Å²) in [6, 6.07) is 3.89. The first-order valence-electron chi connectivity index (χ1n) is 7.62. The van der Waals surface area contributed by atoms with E-state index in [0.717, 1.165) is 30.8 Å². The molecule has 1 aliphatic heterocycles. The van der Waals surface area contributed by atoms with Gasteiger partial charge in [-0.2, -0.15) is 0 Å². The summed E-state index contributed by atoms with van der Waals surface area (Å²) in [6.45, 7) is 8.21. The molecular weight excluding hydrogens is 254 g/mol. The van der Waals surface area contributed by atoms with E-state index in [0.29, 0.717) is 0 Å². The normalized spacial score (nSPS) is 30.1. The molecule has 4 atom stereocenters. The van der Waals surface area contributed by atoms with E-state index in [1.54, 1.807) is 0 Å². The third-order valence-electron chi connectivity index (χ3n) is 3.90. The van der Waals surface area contributed by atoms with Gasteiger partial charge in [-0.05, 0) is 52.2 Å². The van der Waals surface area contributed by atoms with Crippen LogP contribution >= 0.6 is 0 Å². The zero-order valence-corrected chi connectivity index (χ0v) is 13.0. The molecule has 1 aliphatic rings. The molecule has 0 saturated carbocycles. The summed E-state index contributed by atoms with van der Waals surface area (Å²) in [5.41, 5.74) is 6.23. The van der Waals surface area contributed by atoms with Crippen molar-refractivity contribution < 1.29 is 13.9 Å². The van der Waals surface area contributed by atoms with Crippen molar-refractivity contribution in [2.75, 3.05) is 0 Å². The van der Waals surface area contributed by atoms with Crippen LogP contribution in [-0.2, 0) is 9.47 Å². The van der Waals surface area contributed by atoms with Gasteiger partial charge in [0.15, 0.2) is 0 Å². The standard InChI is InChI=1S/C16H27NO3/c1-5-14(17)16(15-7-6-10(2)19-15)20-13-8-11(3)18-12(4)9-13/h6-7,11-14,16H,5,8-9,17H2,1-4H3. The average molecular weight is 281 g/mol. The van der Waals surface area contributed by atoms with Crippen molar-refractivity contribution in [3.8, 4) is 0 Å². The summed E-state index contributed by atoms with van der Waals surface area (Å²) in [5, 5.41) is 0. The van der Waals surface area contributed by atoms with Gasteiger partial charge in [-0.25, -0.2) is 0 Å². The summed E-state index contributed by atoms with van der Waals surface area (Å²) < 4.78 is 17.8. The lowest BCUT2D eigenvalue weighted by atomic mass is 10.0. The summed E-state index contributed by atoms with van der Waals surface area (Å²) in [4.78, 5) is 0. The molecule has 2 rings (SSSR count). The van der Waals surface area contributed by atoms with Crippen LogP contribution in [0.1, 0.15) is 57.7 Å². The van der Waals surface area contributed by atoms with E-state index in [2.05, 4.69) is 20.8 Å². The summed E-state index contributed by atoms with van der Waals surface area (Å²) in [6.07, 6.45) is 3.17. The van der Waals surface area contributed by atoms with Crippen LogP contribution in [0.2, 0.25) is 0 Å². The van der Waals surface area contributed by atoms with Crippen molar-refractivity contribution in [3.63, 3.8) is 0 Å². The third kappa shape index (κ3) is 3.84. The average Bonchev–Trinajstić information content (AvgIpc) is 2.80. The Morgan fingerprint density at radius 1 is 1.30 bits per heavy atom. The maximum absolute atomic E-state index is 6.29. The first kappa shape index (κ1) is 15.5. The Kier molecular flexibility index (Phi) is 5.24. The maximum atomic E-state index is 6.29. The predicted octanol–water partition coefficient (Wildman–Crippen LogP) is 3.34. The first-order valence-corrected chi connectivity index (χ1v) is 7.62. The Morgan fingerprint density at radius 3 is 2.45 bits per heavy atom. The van der Waals surface area contributed by atoms with Crippen LogP contribution < -0.4 is 5.73 Å². The number of hydrogen-bond donors (Lipinski definition) is 1. The Morgan fingerprint density at radius 2 is 1.95 bits per heavy atom. The van der Waals surface area contributed by atoms with Crippen molar-refractivity contribution in [2.24, 2.45) is 5.73 Å². The molecular formula is C16H27NO3. The minimum atomic E-state index is -0.170. The molecule has 1 saturated heterocycles. The van der Waals surface area contributed by atoms with Gasteiger partial charge in [-0.15, -0.1) is 0 Å². The highest BCUT2D eigenvalue weighted by atomic mass is 16.5. The highest BCUT2D eigenvalue weighted by Crippen LogP contribution is 2.30. The molecule has 0 bridgehead atoms. The molecule has 0 aliphatic carbocycles. The van der Waals surface area contributed by atoms with Gasteiger partial charge in [-0.3, -0.25) is 0 Å². The van der Waals surface area contributed by atoms with Crippen LogP contribution in [0.3, 0.4) is 0 Å². The SMILES string of the molecule is CCC(N)C(OC1CC(C)OC(C)C1)c1ccc(C)o1. The zero-order valence-electron chi connectivity index (χ0n) is 13.0. The van der Waals surface area contributed by atoms with Gasteiger partial charge in [0.25, 0.3) is 0 Å². The quantitative estimate of drug-likeness (QED) is 0.899. The molecule has 2 heterocycles. The Bertz CT molecular complexity index is 408. The minimum absolute atomic E-state index is 0.0472. The first-order chi connectivity index (χ1) is 9.49. The van der Waals surface area contributed by atoms with Crippen LogP contribution in [0, 0.1) is 6.92 Å². The lowest BCUT2D eigenvalue weighted by Gasteiger charge is -2.35. The molecule has 114 valence electrons. The molecule has 1 aromatic heterocycles. The van der Waals surface area contributed by atoms with Gasteiger partial charge in [0.1, 0.15) is 17.6 Å². The number of aryl methyl sites for hydroxylation is 1. The number of furan rings is 1. The summed E-state index contributed by atoms with van der Waals surface area (Å²) in [5.74, 6) is 1.73. The molecule has 0 aromatic carbocycles. The maximum Gasteiger partial charge on any atom is 0.134 e. The fourth-order valence-corrected chi connectivity index (χ4v) is 2.86. The minimum Gasteiger partial charge on any atom is -0.464 e. The number of nitrogens with two attached hydrogens (primary N) is 1. The zero-order chi connectivity index (χ0) is 14.7. The second-order valence-electron chi connectivity index (χ2n) is 5.93. The fraction of sp³-hybridized carbons (Fsp3) is 0.750. The number of ether oxygens (including phenoxy) is 2. The van der Waals surface area contributed by atoms with E-state index in [4.69, 9.17) is 19.6 Å². The molecule has 20 heavy (non-hydrogen) atoms. The molecule has 4 heteroatoms. The number of hydrogen-bond acceptors (Lipinski definition) is 4.